The molecule has 1 fully saturated rings. The number of benzene rings is 1. The van der Waals surface area contributed by atoms with Crippen molar-refractivity contribution in [2.75, 3.05) is 18.0 Å². The van der Waals surface area contributed by atoms with E-state index in [1.165, 1.54) is 0 Å². The van der Waals surface area contributed by atoms with Crippen molar-refractivity contribution in [2.24, 2.45) is 0 Å². The lowest BCUT2D eigenvalue weighted by atomic mass is 10.1. The summed E-state index contributed by atoms with van der Waals surface area (Å²) in [6.45, 7) is 7.57. The SMILES string of the molecule is CC(C)(C)NCC1CN(c2ccccc2)C(=O)O1. The highest BCUT2D eigenvalue weighted by Crippen LogP contribution is 2.20. The molecule has 1 unspecified atom stereocenters. The van der Waals surface area contributed by atoms with Gasteiger partial charge in [-0.25, -0.2) is 4.79 Å². The van der Waals surface area contributed by atoms with Crippen molar-refractivity contribution in [1.82, 2.24) is 5.32 Å². The second-order valence-corrected chi connectivity index (χ2v) is 5.58. The first-order valence-electron chi connectivity index (χ1n) is 6.24. The van der Waals surface area contributed by atoms with Crippen LogP contribution in [0.2, 0.25) is 0 Å². The van der Waals surface area contributed by atoms with Gasteiger partial charge in [0.05, 0.1) is 6.54 Å². The number of para-hydroxylation sites is 1. The zero-order valence-electron chi connectivity index (χ0n) is 11.1. The Morgan fingerprint density at radius 3 is 2.61 bits per heavy atom. The van der Waals surface area contributed by atoms with E-state index in [4.69, 9.17) is 4.74 Å². The standard InChI is InChI=1S/C14H20N2O2/c1-14(2,3)15-9-12-10-16(13(17)18-12)11-7-5-4-6-8-11/h4-8,12,15H,9-10H2,1-3H3. The van der Waals surface area contributed by atoms with Crippen LogP contribution in [0.5, 0.6) is 0 Å². The van der Waals surface area contributed by atoms with E-state index in [1.54, 1.807) is 4.90 Å². The van der Waals surface area contributed by atoms with Crippen molar-refractivity contribution in [1.29, 1.82) is 0 Å². The van der Waals surface area contributed by atoms with E-state index in [0.29, 0.717) is 13.1 Å². The number of hydrogen-bond acceptors (Lipinski definition) is 3. The van der Waals surface area contributed by atoms with Crippen LogP contribution < -0.4 is 10.2 Å². The molecule has 0 bridgehead atoms. The molecule has 2 rings (SSSR count). The molecule has 4 heteroatoms. The van der Waals surface area contributed by atoms with Crippen LogP contribution in [0.4, 0.5) is 10.5 Å². The molecule has 1 heterocycles. The second-order valence-electron chi connectivity index (χ2n) is 5.58. The fourth-order valence-corrected chi connectivity index (χ4v) is 1.87. The van der Waals surface area contributed by atoms with Gasteiger partial charge >= 0.3 is 6.09 Å². The number of ether oxygens (including phenoxy) is 1. The maximum absolute atomic E-state index is 11.8. The van der Waals surface area contributed by atoms with E-state index >= 15 is 0 Å². The highest BCUT2D eigenvalue weighted by molar-refractivity contribution is 5.89. The molecule has 98 valence electrons. The predicted octanol–water partition coefficient (Wildman–Crippen LogP) is 2.40. The van der Waals surface area contributed by atoms with Crippen LogP contribution in [0.25, 0.3) is 0 Å². The van der Waals surface area contributed by atoms with E-state index in [2.05, 4.69) is 26.1 Å². The van der Waals surface area contributed by atoms with Gasteiger partial charge in [-0.05, 0) is 32.9 Å². The molecule has 0 radical (unpaired) electrons. The number of cyclic esters (lactones) is 1. The summed E-state index contributed by atoms with van der Waals surface area (Å²) in [7, 11) is 0. The summed E-state index contributed by atoms with van der Waals surface area (Å²) >= 11 is 0. The van der Waals surface area contributed by atoms with E-state index < -0.39 is 0 Å². The van der Waals surface area contributed by atoms with Crippen LogP contribution in [0.15, 0.2) is 30.3 Å². The summed E-state index contributed by atoms with van der Waals surface area (Å²) in [5.74, 6) is 0. The first-order valence-corrected chi connectivity index (χ1v) is 6.24. The minimum atomic E-state index is -0.262. The number of carbonyl (C=O) groups excluding carboxylic acids is 1. The highest BCUT2D eigenvalue weighted by Gasteiger charge is 2.32. The van der Waals surface area contributed by atoms with Crippen LogP contribution in [-0.4, -0.2) is 30.8 Å². The maximum atomic E-state index is 11.8. The summed E-state index contributed by atoms with van der Waals surface area (Å²) in [6, 6.07) is 9.61. The topological polar surface area (TPSA) is 41.6 Å². The third-order valence-corrected chi connectivity index (χ3v) is 2.80. The molecule has 1 N–H and O–H groups in total. The number of anilines is 1. The van der Waals surface area contributed by atoms with Gasteiger partial charge in [0.2, 0.25) is 0 Å². The van der Waals surface area contributed by atoms with Crippen molar-refractivity contribution in [3.05, 3.63) is 30.3 Å². The van der Waals surface area contributed by atoms with Crippen LogP contribution in [0.3, 0.4) is 0 Å². The van der Waals surface area contributed by atoms with Gasteiger partial charge in [-0.15, -0.1) is 0 Å². The van der Waals surface area contributed by atoms with Crippen LogP contribution in [0, 0.1) is 0 Å². The molecule has 0 aliphatic carbocycles. The zero-order chi connectivity index (χ0) is 13.2. The molecular formula is C14H20N2O2. The summed E-state index contributed by atoms with van der Waals surface area (Å²) in [6.07, 6.45) is -0.348. The number of nitrogens with one attached hydrogen (secondary N) is 1. The molecule has 1 aliphatic heterocycles. The van der Waals surface area contributed by atoms with Gasteiger partial charge < -0.3 is 10.1 Å². The van der Waals surface area contributed by atoms with E-state index in [-0.39, 0.29) is 17.7 Å². The van der Waals surface area contributed by atoms with Crippen LogP contribution in [0.1, 0.15) is 20.8 Å². The van der Waals surface area contributed by atoms with E-state index in [9.17, 15) is 4.79 Å². The molecule has 0 aromatic heterocycles. The van der Waals surface area contributed by atoms with Crippen molar-refractivity contribution in [3.8, 4) is 0 Å². The first kappa shape index (κ1) is 12.9. The van der Waals surface area contributed by atoms with Crippen molar-refractivity contribution < 1.29 is 9.53 Å². The van der Waals surface area contributed by atoms with Gasteiger partial charge in [-0.3, -0.25) is 4.90 Å². The Morgan fingerprint density at radius 2 is 2.00 bits per heavy atom. The van der Waals surface area contributed by atoms with Gasteiger partial charge in [0.1, 0.15) is 6.10 Å². The highest BCUT2D eigenvalue weighted by atomic mass is 16.6. The summed E-state index contributed by atoms with van der Waals surface area (Å²) in [5.41, 5.74) is 0.924. The number of nitrogens with zero attached hydrogens (tertiary/aromatic N) is 1. The van der Waals surface area contributed by atoms with Gasteiger partial charge in [-0.2, -0.15) is 0 Å². The third-order valence-electron chi connectivity index (χ3n) is 2.80. The number of rotatable bonds is 3. The van der Waals surface area contributed by atoms with Crippen LogP contribution in [-0.2, 0) is 4.74 Å². The smallest absolute Gasteiger partial charge is 0.414 e. The molecule has 18 heavy (non-hydrogen) atoms. The molecule has 1 aromatic carbocycles. The fraction of sp³-hybridized carbons (Fsp3) is 0.500. The molecule has 4 nitrogen and oxygen atoms in total. The lowest BCUT2D eigenvalue weighted by Gasteiger charge is -2.22. The Morgan fingerprint density at radius 1 is 1.33 bits per heavy atom. The summed E-state index contributed by atoms with van der Waals surface area (Å²) in [4.78, 5) is 13.5. The number of carbonyl (C=O) groups is 1. The molecule has 0 spiro atoms. The first-order chi connectivity index (χ1) is 8.46. The normalized spacial score (nSPS) is 20.1. The monoisotopic (exact) mass is 248 g/mol. The lowest BCUT2D eigenvalue weighted by Crippen LogP contribution is -2.42. The Balaban J connectivity index is 1.95. The van der Waals surface area contributed by atoms with Gasteiger partial charge in [0.25, 0.3) is 0 Å². The average Bonchev–Trinajstić information content (AvgIpc) is 2.68. The minimum Gasteiger partial charge on any atom is -0.443 e. The molecule has 1 amide bonds. The summed E-state index contributed by atoms with van der Waals surface area (Å²) in [5, 5.41) is 3.35. The molecular weight excluding hydrogens is 228 g/mol. The Hall–Kier alpha value is -1.55. The third kappa shape index (κ3) is 3.23. The summed E-state index contributed by atoms with van der Waals surface area (Å²) < 4.78 is 5.35. The van der Waals surface area contributed by atoms with Crippen molar-refractivity contribution in [2.45, 2.75) is 32.4 Å². The predicted molar refractivity (Wildman–Crippen MR) is 71.8 cm³/mol. The zero-order valence-corrected chi connectivity index (χ0v) is 11.1. The molecule has 1 atom stereocenters. The molecule has 1 aromatic rings. The minimum absolute atomic E-state index is 0.0343. The van der Waals surface area contributed by atoms with Crippen LogP contribution >= 0.6 is 0 Å². The van der Waals surface area contributed by atoms with Crippen molar-refractivity contribution >= 4 is 11.8 Å². The van der Waals surface area contributed by atoms with Gasteiger partial charge in [-0.1, -0.05) is 18.2 Å². The maximum Gasteiger partial charge on any atom is 0.414 e. The van der Waals surface area contributed by atoms with E-state index in [1.807, 2.05) is 30.3 Å². The Labute approximate surface area is 108 Å². The van der Waals surface area contributed by atoms with Gasteiger partial charge in [0, 0.05) is 17.8 Å². The quantitative estimate of drug-likeness (QED) is 0.893. The Bertz CT molecular complexity index is 412. The van der Waals surface area contributed by atoms with Crippen molar-refractivity contribution in [3.63, 3.8) is 0 Å². The second kappa shape index (κ2) is 4.98. The van der Waals surface area contributed by atoms with E-state index in [0.717, 1.165) is 5.69 Å². The molecule has 1 aliphatic rings. The lowest BCUT2D eigenvalue weighted by molar-refractivity contribution is 0.135. The molecule has 1 saturated heterocycles. The number of amides is 1. The Kier molecular flexibility index (Phi) is 3.57. The van der Waals surface area contributed by atoms with Gasteiger partial charge in [0.15, 0.2) is 0 Å². The number of hydrogen-bond donors (Lipinski definition) is 1. The fourth-order valence-electron chi connectivity index (χ4n) is 1.87. The average molecular weight is 248 g/mol. The molecule has 0 saturated carbocycles. The largest absolute Gasteiger partial charge is 0.443 e.